The summed E-state index contributed by atoms with van der Waals surface area (Å²) in [6, 6.07) is 12.9. The monoisotopic (exact) mass is 560 g/mol. The lowest BCUT2D eigenvalue weighted by Crippen LogP contribution is -2.14. The molecular weight excluding hydrogens is 539 g/mol. The third-order valence-corrected chi connectivity index (χ3v) is 8.62. The molecule has 3 heterocycles. The van der Waals surface area contributed by atoms with Gasteiger partial charge in [-0.25, -0.2) is 22.2 Å². The van der Waals surface area contributed by atoms with Gasteiger partial charge < -0.3 is 4.57 Å². The Morgan fingerprint density at radius 1 is 1.08 bits per heavy atom. The summed E-state index contributed by atoms with van der Waals surface area (Å²) in [4.78, 5) is 8.31. The number of nitrogens with zero attached hydrogens (tertiary/aromatic N) is 4. The number of alkyl halides is 5. The number of rotatable bonds is 7. The molecule has 1 fully saturated rings. The van der Waals surface area contributed by atoms with Gasteiger partial charge in [-0.1, -0.05) is 31.2 Å². The third-order valence-electron chi connectivity index (χ3n) is 6.88. The summed E-state index contributed by atoms with van der Waals surface area (Å²) in [5.74, 6) is -0.279. The first kappa shape index (κ1) is 26.7. The third kappa shape index (κ3) is 4.98. The zero-order valence-corrected chi connectivity index (χ0v) is 21.3. The van der Waals surface area contributed by atoms with E-state index >= 15 is 0 Å². The summed E-state index contributed by atoms with van der Waals surface area (Å²) in [5, 5.41) is 9.43. The maximum atomic E-state index is 13.4. The number of fused-ring (bicyclic) bond motifs is 1. The van der Waals surface area contributed by atoms with E-state index in [4.69, 9.17) is 0 Å². The van der Waals surface area contributed by atoms with Crippen molar-refractivity contribution >= 4 is 9.84 Å². The van der Waals surface area contributed by atoms with E-state index in [-0.39, 0.29) is 33.4 Å². The Hall–Kier alpha value is -3.85. The second kappa shape index (κ2) is 9.41. The van der Waals surface area contributed by atoms with Crippen LogP contribution in [0, 0.1) is 11.3 Å². The van der Waals surface area contributed by atoms with Crippen LogP contribution >= 0.6 is 0 Å². The van der Waals surface area contributed by atoms with Crippen molar-refractivity contribution in [2.45, 2.75) is 49.2 Å². The van der Waals surface area contributed by atoms with Crippen molar-refractivity contribution < 1.29 is 30.4 Å². The number of sulfone groups is 1. The molecular formula is C27H21F5N4O2S. The minimum atomic E-state index is -4.80. The van der Waals surface area contributed by atoms with Gasteiger partial charge in [0.25, 0.3) is 6.43 Å². The molecule has 0 N–H and O–H groups in total. The molecule has 0 unspecified atom stereocenters. The summed E-state index contributed by atoms with van der Waals surface area (Å²) in [7, 11) is -3.88. The summed E-state index contributed by atoms with van der Waals surface area (Å²) in [5.41, 5.74) is 0.0141. The van der Waals surface area contributed by atoms with Crippen molar-refractivity contribution in [3.8, 4) is 40.0 Å². The average molecular weight is 561 g/mol. The van der Waals surface area contributed by atoms with Gasteiger partial charge in [-0.3, -0.25) is 4.98 Å². The molecule has 1 aromatic carbocycles. The van der Waals surface area contributed by atoms with Crippen LogP contribution < -0.4 is 0 Å². The number of pyridine rings is 2. The van der Waals surface area contributed by atoms with Crippen LogP contribution in [0.2, 0.25) is 0 Å². The number of nitriles is 1. The van der Waals surface area contributed by atoms with E-state index in [1.807, 2.05) is 12.1 Å². The Kier molecular flexibility index (Phi) is 6.45. The molecule has 12 heteroatoms. The molecule has 0 amide bonds. The van der Waals surface area contributed by atoms with Crippen LogP contribution in [0.1, 0.15) is 30.9 Å². The van der Waals surface area contributed by atoms with Crippen molar-refractivity contribution in [3.05, 3.63) is 66.0 Å². The molecule has 0 radical (unpaired) electrons. The standard InChI is InChI=1S/C27H21F5N4O2S/c1-2-39(37,38)23-9-17(16-3-5-18(6-4-16)26(15-33)7-8-26)12-34-25(23)21-11-22-20(35-21)10-19(27(30,31)32)13-36(22)14-24(28)29/h3-6,9-13,24H,2,7-8,14H2,1H3. The molecule has 6 nitrogen and oxygen atoms in total. The smallest absolute Gasteiger partial charge is 0.340 e. The summed E-state index contributed by atoms with van der Waals surface area (Å²) < 4.78 is 93.5. The Bertz CT molecular complexity index is 1670. The van der Waals surface area contributed by atoms with Gasteiger partial charge in [0.05, 0.1) is 51.3 Å². The van der Waals surface area contributed by atoms with E-state index in [0.29, 0.717) is 17.3 Å². The number of hydrogen-bond donors (Lipinski definition) is 0. The second-order valence-corrected chi connectivity index (χ2v) is 11.7. The van der Waals surface area contributed by atoms with Gasteiger partial charge in [0.15, 0.2) is 9.84 Å². The van der Waals surface area contributed by atoms with Gasteiger partial charge in [0.1, 0.15) is 5.69 Å². The lowest BCUT2D eigenvalue weighted by atomic mass is 9.95. The molecule has 3 aliphatic rings. The van der Waals surface area contributed by atoms with Gasteiger partial charge >= 0.3 is 6.18 Å². The maximum Gasteiger partial charge on any atom is 0.417 e. The molecule has 1 aromatic heterocycles. The first-order valence-electron chi connectivity index (χ1n) is 12.0. The van der Waals surface area contributed by atoms with Crippen LogP contribution in [0.25, 0.3) is 33.9 Å². The molecule has 1 aliphatic carbocycles. The molecule has 5 rings (SSSR count). The minimum absolute atomic E-state index is 0.00823. The van der Waals surface area contributed by atoms with Crippen LogP contribution in [0.3, 0.4) is 0 Å². The van der Waals surface area contributed by atoms with Crippen molar-refractivity contribution in [2.24, 2.45) is 0 Å². The first-order chi connectivity index (χ1) is 18.4. The van der Waals surface area contributed by atoms with Gasteiger partial charge in [-0.15, -0.1) is 0 Å². The Morgan fingerprint density at radius 2 is 1.77 bits per heavy atom. The molecule has 39 heavy (non-hydrogen) atoms. The molecule has 2 aliphatic heterocycles. The van der Waals surface area contributed by atoms with Crippen LogP contribution in [0.5, 0.6) is 0 Å². The Labute approximate surface area is 221 Å². The molecule has 0 atom stereocenters. The highest BCUT2D eigenvalue weighted by atomic mass is 32.2. The van der Waals surface area contributed by atoms with E-state index in [9.17, 15) is 35.6 Å². The van der Waals surface area contributed by atoms with Crippen LogP contribution in [-0.2, 0) is 28.0 Å². The SMILES string of the molecule is CCS(=O)(=O)c1cc(-c2ccc(C3(C#N)CC3)cc2)cnc1-c1cc2n(CC(F)F)cc(C(F)(F)F)cc-2n1. The van der Waals surface area contributed by atoms with E-state index in [1.54, 1.807) is 12.1 Å². The number of halogens is 5. The van der Waals surface area contributed by atoms with E-state index in [0.717, 1.165) is 29.0 Å². The maximum absolute atomic E-state index is 13.4. The van der Waals surface area contributed by atoms with Crippen LogP contribution in [0.4, 0.5) is 22.0 Å². The highest BCUT2D eigenvalue weighted by Gasteiger charge is 2.44. The van der Waals surface area contributed by atoms with E-state index < -0.39 is 40.0 Å². The van der Waals surface area contributed by atoms with Gasteiger partial charge in [0, 0.05) is 18.0 Å². The highest BCUT2D eigenvalue weighted by molar-refractivity contribution is 7.91. The average Bonchev–Trinajstić information content (AvgIpc) is 3.58. The zero-order chi connectivity index (χ0) is 28.2. The lowest BCUT2D eigenvalue weighted by Gasteiger charge is -2.15. The fraction of sp³-hybridized carbons (Fsp3) is 0.296. The topological polar surface area (TPSA) is 88.6 Å². The van der Waals surface area contributed by atoms with Crippen LogP contribution in [0.15, 0.2) is 59.8 Å². The fourth-order valence-corrected chi connectivity index (χ4v) is 5.59. The van der Waals surface area contributed by atoms with E-state index in [2.05, 4.69) is 16.0 Å². The number of aromatic nitrogens is 3. The van der Waals surface area contributed by atoms with Crippen molar-refractivity contribution in [3.63, 3.8) is 0 Å². The van der Waals surface area contributed by atoms with Gasteiger partial charge in [0.2, 0.25) is 0 Å². The quantitative estimate of drug-likeness (QED) is 0.246. The van der Waals surface area contributed by atoms with Crippen molar-refractivity contribution in [1.82, 2.24) is 14.5 Å². The number of benzene rings is 1. The van der Waals surface area contributed by atoms with Crippen molar-refractivity contribution in [1.29, 1.82) is 5.26 Å². The van der Waals surface area contributed by atoms with Crippen molar-refractivity contribution in [2.75, 3.05) is 5.75 Å². The second-order valence-electron chi connectivity index (χ2n) is 9.43. The van der Waals surface area contributed by atoms with Gasteiger partial charge in [-0.05, 0) is 42.2 Å². The molecule has 0 bridgehead atoms. The Balaban J connectivity index is 1.63. The van der Waals surface area contributed by atoms with E-state index in [1.165, 1.54) is 25.3 Å². The molecule has 2 aromatic rings. The fourth-order valence-electron chi connectivity index (χ4n) is 4.52. The Morgan fingerprint density at radius 3 is 2.33 bits per heavy atom. The summed E-state index contributed by atoms with van der Waals surface area (Å²) in [6.07, 6.45) is -4.16. The molecule has 0 spiro atoms. The highest BCUT2D eigenvalue weighted by Crippen LogP contribution is 2.47. The molecule has 1 saturated carbocycles. The zero-order valence-electron chi connectivity index (χ0n) is 20.5. The summed E-state index contributed by atoms with van der Waals surface area (Å²) in [6.45, 7) is 0.444. The first-order valence-corrected chi connectivity index (χ1v) is 13.6. The van der Waals surface area contributed by atoms with Crippen LogP contribution in [-0.4, -0.2) is 35.1 Å². The lowest BCUT2D eigenvalue weighted by molar-refractivity contribution is -0.138. The number of hydrogen-bond acceptors (Lipinski definition) is 5. The van der Waals surface area contributed by atoms with Gasteiger partial charge in [-0.2, -0.15) is 18.4 Å². The predicted molar refractivity (Wildman–Crippen MR) is 133 cm³/mol. The molecule has 0 saturated heterocycles. The predicted octanol–water partition coefficient (Wildman–Crippen LogP) is 6.35. The summed E-state index contributed by atoms with van der Waals surface area (Å²) >= 11 is 0. The normalized spacial score (nSPS) is 15.0. The molecule has 202 valence electrons. The largest absolute Gasteiger partial charge is 0.417 e. The minimum Gasteiger partial charge on any atom is -0.340 e.